The number of furan rings is 1. The van der Waals surface area contributed by atoms with Crippen LogP contribution in [0, 0.1) is 5.92 Å². The Morgan fingerprint density at radius 3 is 2.49 bits per heavy atom. The summed E-state index contributed by atoms with van der Waals surface area (Å²) in [5.41, 5.74) is 0.898. The Morgan fingerprint density at radius 2 is 1.78 bits per heavy atom. The third kappa shape index (κ3) is 6.30. The molecule has 4 rings (SSSR count). The van der Waals surface area contributed by atoms with Crippen LogP contribution in [0.3, 0.4) is 0 Å². The molecule has 194 valence electrons. The van der Waals surface area contributed by atoms with Gasteiger partial charge in [-0.15, -0.1) is 0 Å². The molecular formula is C28H31N3O6. The molecular weight excluding hydrogens is 474 g/mol. The van der Waals surface area contributed by atoms with E-state index in [2.05, 4.69) is 10.6 Å². The number of hydrogen-bond acceptors (Lipinski definition) is 6. The molecule has 2 N–H and O–H groups in total. The number of methoxy groups -OCH3 is 2. The summed E-state index contributed by atoms with van der Waals surface area (Å²) in [5.74, 6) is 0.739. The average Bonchev–Trinajstić information content (AvgIpc) is 3.48. The molecule has 3 amide bonds. The number of ether oxygens (including phenoxy) is 2. The van der Waals surface area contributed by atoms with Crippen molar-refractivity contribution in [2.24, 2.45) is 5.92 Å². The van der Waals surface area contributed by atoms with Crippen LogP contribution in [-0.4, -0.2) is 56.0 Å². The Hall–Kier alpha value is -4.27. The number of piperidine rings is 1. The molecule has 0 bridgehead atoms. The molecule has 9 nitrogen and oxygen atoms in total. The highest BCUT2D eigenvalue weighted by molar-refractivity contribution is 5.98. The molecule has 0 unspecified atom stereocenters. The fourth-order valence-electron chi connectivity index (χ4n) is 4.51. The number of carbonyl (C=O) groups is 3. The average molecular weight is 506 g/mol. The first-order valence-corrected chi connectivity index (χ1v) is 12.2. The largest absolute Gasteiger partial charge is 0.497 e. The smallest absolute Gasteiger partial charge is 0.257 e. The number of likely N-dealkylation sites (tertiary alicyclic amines) is 1. The topological polar surface area (TPSA) is 110 Å². The summed E-state index contributed by atoms with van der Waals surface area (Å²) in [6.45, 7) is 1.12. The van der Waals surface area contributed by atoms with Gasteiger partial charge in [0, 0.05) is 18.7 Å². The van der Waals surface area contributed by atoms with E-state index in [-0.39, 0.29) is 30.2 Å². The molecule has 37 heavy (non-hydrogen) atoms. The molecule has 2 aromatic carbocycles. The molecule has 0 aliphatic carbocycles. The van der Waals surface area contributed by atoms with Gasteiger partial charge in [0.15, 0.2) is 0 Å². The number of para-hydroxylation sites is 1. The number of nitrogens with one attached hydrogen (secondary N) is 2. The summed E-state index contributed by atoms with van der Waals surface area (Å²) in [4.78, 5) is 41.2. The lowest BCUT2D eigenvalue weighted by Gasteiger charge is -2.36. The summed E-state index contributed by atoms with van der Waals surface area (Å²) in [6, 6.07) is 16.6. The standard InChI is InChI=1S/C28H31N3O6/c1-35-21-8-5-7-20(17-21)26(32)30-25(27(33)29-18-22-9-6-16-37-22)19-12-14-31(15-13-19)28(34)23-10-3-4-11-24(23)36-2/h3-11,16-17,19,25H,12-15,18H2,1-2H3,(H,29,33)(H,30,32)/t25-/m0/s1. The molecule has 1 aliphatic rings. The molecule has 1 aliphatic heterocycles. The van der Waals surface area contributed by atoms with Crippen molar-refractivity contribution in [2.45, 2.75) is 25.4 Å². The normalized spacial score (nSPS) is 14.5. The van der Waals surface area contributed by atoms with Crippen molar-refractivity contribution in [1.82, 2.24) is 15.5 Å². The molecule has 0 radical (unpaired) electrons. The van der Waals surface area contributed by atoms with Crippen molar-refractivity contribution in [3.05, 3.63) is 83.8 Å². The maximum absolute atomic E-state index is 13.3. The second kappa shape index (κ2) is 12.1. The van der Waals surface area contributed by atoms with Crippen LogP contribution in [0.4, 0.5) is 0 Å². The van der Waals surface area contributed by atoms with Crippen molar-refractivity contribution in [3.63, 3.8) is 0 Å². The van der Waals surface area contributed by atoms with Crippen molar-refractivity contribution in [3.8, 4) is 11.5 Å². The van der Waals surface area contributed by atoms with Gasteiger partial charge >= 0.3 is 0 Å². The number of rotatable bonds is 9. The number of hydrogen-bond donors (Lipinski definition) is 2. The summed E-state index contributed by atoms with van der Waals surface area (Å²) in [7, 11) is 3.07. The fraction of sp³-hybridized carbons (Fsp3) is 0.321. The van der Waals surface area contributed by atoms with Crippen LogP contribution < -0.4 is 20.1 Å². The minimum atomic E-state index is -0.780. The highest BCUT2D eigenvalue weighted by atomic mass is 16.5. The summed E-state index contributed by atoms with van der Waals surface area (Å²) < 4.78 is 15.9. The number of amides is 3. The van der Waals surface area contributed by atoms with E-state index in [1.54, 1.807) is 59.5 Å². The van der Waals surface area contributed by atoms with Crippen LogP contribution in [0.25, 0.3) is 0 Å². The van der Waals surface area contributed by atoms with Gasteiger partial charge in [0.1, 0.15) is 23.3 Å². The highest BCUT2D eigenvalue weighted by Gasteiger charge is 2.34. The molecule has 3 aromatic rings. The first-order valence-electron chi connectivity index (χ1n) is 12.2. The minimum Gasteiger partial charge on any atom is -0.497 e. The van der Waals surface area contributed by atoms with Gasteiger partial charge < -0.3 is 29.4 Å². The Labute approximate surface area is 215 Å². The summed E-state index contributed by atoms with van der Waals surface area (Å²) in [6.07, 6.45) is 2.65. The second-order valence-electron chi connectivity index (χ2n) is 8.81. The van der Waals surface area contributed by atoms with E-state index >= 15 is 0 Å². The van der Waals surface area contributed by atoms with Gasteiger partial charge in [-0.2, -0.15) is 0 Å². The number of carbonyl (C=O) groups excluding carboxylic acids is 3. The predicted molar refractivity (Wildman–Crippen MR) is 136 cm³/mol. The van der Waals surface area contributed by atoms with E-state index in [1.165, 1.54) is 20.5 Å². The van der Waals surface area contributed by atoms with Gasteiger partial charge in [-0.05, 0) is 61.2 Å². The predicted octanol–water partition coefficient (Wildman–Crippen LogP) is 3.26. The van der Waals surface area contributed by atoms with Crippen molar-refractivity contribution in [2.75, 3.05) is 27.3 Å². The SMILES string of the molecule is COc1cccc(C(=O)N[C@H](C(=O)NCc2ccco2)C2CCN(C(=O)c3ccccc3OC)CC2)c1. The maximum Gasteiger partial charge on any atom is 0.257 e. The van der Waals surface area contributed by atoms with Gasteiger partial charge in [0.25, 0.3) is 11.8 Å². The minimum absolute atomic E-state index is 0.116. The lowest BCUT2D eigenvalue weighted by Crippen LogP contribution is -2.53. The van der Waals surface area contributed by atoms with Crippen molar-refractivity contribution >= 4 is 17.7 Å². The number of benzene rings is 2. The van der Waals surface area contributed by atoms with E-state index in [0.717, 1.165) is 0 Å². The molecule has 1 aromatic heterocycles. The third-order valence-corrected chi connectivity index (χ3v) is 6.55. The van der Waals surface area contributed by atoms with Crippen LogP contribution in [0.2, 0.25) is 0 Å². The zero-order chi connectivity index (χ0) is 26.2. The van der Waals surface area contributed by atoms with Crippen molar-refractivity contribution < 1.29 is 28.3 Å². The van der Waals surface area contributed by atoms with E-state index in [4.69, 9.17) is 13.9 Å². The Bertz CT molecular complexity index is 1220. The van der Waals surface area contributed by atoms with Crippen LogP contribution in [0.15, 0.2) is 71.3 Å². The molecule has 0 spiro atoms. The maximum atomic E-state index is 13.3. The van der Waals surface area contributed by atoms with E-state index in [0.29, 0.717) is 54.3 Å². The lowest BCUT2D eigenvalue weighted by atomic mass is 9.88. The van der Waals surface area contributed by atoms with Gasteiger partial charge in [-0.3, -0.25) is 14.4 Å². The van der Waals surface area contributed by atoms with Gasteiger partial charge in [-0.1, -0.05) is 18.2 Å². The molecule has 9 heteroatoms. The fourth-order valence-corrected chi connectivity index (χ4v) is 4.51. The van der Waals surface area contributed by atoms with E-state index < -0.39 is 6.04 Å². The van der Waals surface area contributed by atoms with E-state index in [9.17, 15) is 14.4 Å². The Kier molecular flexibility index (Phi) is 8.45. The Morgan fingerprint density at radius 1 is 1.00 bits per heavy atom. The molecule has 1 saturated heterocycles. The zero-order valence-corrected chi connectivity index (χ0v) is 20.9. The molecule has 1 atom stereocenters. The van der Waals surface area contributed by atoms with E-state index in [1.807, 2.05) is 6.07 Å². The first kappa shape index (κ1) is 25.8. The first-order chi connectivity index (χ1) is 18.0. The summed E-state index contributed by atoms with van der Waals surface area (Å²) >= 11 is 0. The monoisotopic (exact) mass is 505 g/mol. The van der Waals surface area contributed by atoms with Gasteiger partial charge in [0.2, 0.25) is 5.91 Å². The van der Waals surface area contributed by atoms with Crippen molar-refractivity contribution in [1.29, 1.82) is 0 Å². The van der Waals surface area contributed by atoms with Crippen LogP contribution >= 0.6 is 0 Å². The molecule has 1 fully saturated rings. The van der Waals surface area contributed by atoms with Crippen LogP contribution in [0.5, 0.6) is 11.5 Å². The quantitative estimate of drug-likeness (QED) is 0.462. The highest BCUT2D eigenvalue weighted by Crippen LogP contribution is 2.26. The zero-order valence-electron chi connectivity index (χ0n) is 20.9. The van der Waals surface area contributed by atoms with Crippen LogP contribution in [0.1, 0.15) is 39.3 Å². The van der Waals surface area contributed by atoms with Crippen LogP contribution in [-0.2, 0) is 11.3 Å². The molecule has 2 heterocycles. The van der Waals surface area contributed by atoms with Gasteiger partial charge in [-0.25, -0.2) is 0 Å². The lowest BCUT2D eigenvalue weighted by molar-refractivity contribution is -0.124. The molecule has 0 saturated carbocycles. The summed E-state index contributed by atoms with van der Waals surface area (Å²) in [5, 5.41) is 5.79. The number of nitrogens with zero attached hydrogens (tertiary/aromatic N) is 1. The Balaban J connectivity index is 1.46. The van der Waals surface area contributed by atoms with Gasteiger partial charge in [0.05, 0.1) is 32.6 Å². The second-order valence-corrected chi connectivity index (χ2v) is 8.81. The third-order valence-electron chi connectivity index (χ3n) is 6.55.